The van der Waals surface area contributed by atoms with Gasteiger partial charge in [-0.05, 0) is 19.1 Å². The fourth-order valence-electron chi connectivity index (χ4n) is 1.86. The molecule has 3 aromatic rings. The van der Waals surface area contributed by atoms with E-state index in [4.69, 9.17) is 9.47 Å². The van der Waals surface area contributed by atoms with Gasteiger partial charge in [0.15, 0.2) is 16.0 Å². The van der Waals surface area contributed by atoms with Crippen molar-refractivity contribution in [3.05, 3.63) is 29.3 Å². The summed E-state index contributed by atoms with van der Waals surface area (Å²) in [5, 5.41) is 6.07. The quantitative estimate of drug-likeness (QED) is 0.717. The van der Waals surface area contributed by atoms with Crippen molar-refractivity contribution in [2.75, 3.05) is 19.0 Å². The molecule has 114 valence electrons. The number of anilines is 2. The topological polar surface area (TPSA) is 73.3 Å². The molecule has 6 nitrogen and oxygen atoms in total. The summed E-state index contributed by atoms with van der Waals surface area (Å²) in [6, 6.07) is 5.77. The van der Waals surface area contributed by atoms with E-state index in [9.17, 15) is 4.79 Å². The van der Waals surface area contributed by atoms with E-state index in [0.29, 0.717) is 22.6 Å². The average molecular weight is 335 g/mol. The first kappa shape index (κ1) is 14.7. The van der Waals surface area contributed by atoms with E-state index >= 15 is 0 Å². The molecule has 0 spiro atoms. The number of methoxy groups -OCH3 is 1. The summed E-state index contributed by atoms with van der Waals surface area (Å²) in [6.07, 6.45) is 0. The molecule has 0 aliphatic carbocycles. The maximum atomic E-state index is 11.6. The predicted molar refractivity (Wildman–Crippen MR) is 87.5 cm³/mol. The molecule has 0 radical (unpaired) electrons. The van der Waals surface area contributed by atoms with Crippen LogP contribution in [0.4, 0.5) is 10.3 Å². The van der Waals surface area contributed by atoms with Gasteiger partial charge in [0.1, 0.15) is 11.3 Å². The second-order valence-corrected chi connectivity index (χ2v) is 6.10. The molecule has 22 heavy (non-hydrogen) atoms. The molecule has 0 unspecified atom stereocenters. The van der Waals surface area contributed by atoms with Gasteiger partial charge in [-0.15, -0.1) is 11.3 Å². The van der Waals surface area contributed by atoms with Gasteiger partial charge in [-0.3, -0.25) is 0 Å². The number of para-hydroxylation sites is 1. The SMILES string of the molecule is CCOC(=O)c1csc(Nc2nc3c(OC)cccc3s2)n1. The molecule has 0 aliphatic heterocycles. The number of thiazole rings is 2. The van der Waals surface area contributed by atoms with Crippen LogP contribution in [-0.2, 0) is 4.74 Å². The maximum Gasteiger partial charge on any atom is 0.357 e. The number of benzene rings is 1. The van der Waals surface area contributed by atoms with E-state index in [-0.39, 0.29) is 0 Å². The summed E-state index contributed by atoms with van der Waals surface area (Å²) in [6.45, 7) is 2.09. The van der Waals surface area contributed by atoms with E-state index in [1.807, 2.05) is 18.2 Å². The van der Waals surface area contributed by atoms with Crippen molar-refractivity contribution >= 4 is 49.1 Å². The Labute approximate surface area is 134 Å². The van der Waals surface area contributed by atoms with Gasteiger partial charge >= 0.3 is 5.97 Å². The minimum absolute atomic E-state index is 0.299. The zero-order chi connectivity index (χ0) is 15.5. The molecule has 0 saturated heterocycles. The summed E-state index contributed by atoms with van der Waals surface area (Å²) in [7, 11) is 1.62. The molecule has 8 heteroatoms. The Kier molecular flexibility index (Phi) is 4.21. The molecule has 1 N–H and O–H groups in total. The molecule has 2 heterocycles. The first-order valence-corrected chi connectivity index (χ1v) is 8.24. The largest absolute Gasteiger partial charge is 0.494 e. The molecule has 3 rings (SSSR count). The molecular formula is C14H13N3O3S2. The van der Waals surface area contributed by atoms with E-state index < -0.39 is 5.97 Å². The molecule has 0 amide bonds. The van der Waals surface area contributed by atoms with Gasteiger partial charge in [0.05, 0.1) is 18.4 Å². The molecule has 0 fully saturated rings. The third-order valence-electron chi connectivity index (χ3n) is 2.80. The number of carbonyl (C=O) groups excluding carboxylic acids is 1. The lowest BCUT2D eigenvalue weighted by atomic mass is 10.3. The van der Waals surface area contributed by atoms with Crippen molar-refractivity contribution in [1.82, 2.24) is 9.97 Å². The Hall–Kier alpha value is -2.19. The Morgan fingerprint density at radius 3 is 2.95 bits per heavy atom. The van der Waals surface area contributed by atoms with Gasteiger partial charge in [0, 0.05) is 5.38 Å². The van der Waals surface area contributed by atoms with Gasteiger partial charge in [0.2, 0.25) is 0 Å². The maximum absolute atomic E-state index is 11.6. The van der Waals surface area contributed by atoms with Crippen LogP contribution in [0.15, 0.2) is 23.6 Å². The van der Waals surface area contributed by atoms with Gasteiger partial charge < -0.3 is 14.8 Å². The predicted octanol–water partition coefficient (Wildman–Crippen LogP) is 3.68. The van der Waals surface area contributed by atoms with Crippen molar-refractivity contribution in [3.63, 3.8) is 0 Å². The highest BCUT2D eigenvalue weighted by Gasteiger charge is 2.13. The smallest absolute Gasteiger partial charge is 0.357 e. The second-order valence-electron chi connectivity index (χ2n) is 4.21. The zero-order valence-corrected chi connectivity index (χ0v) is 13.6. The Bertz CT molecular complexity index is 813. The van der Waals surface area contributed by atoms with Crippen LogP contribution in [0.2, 0.25) is 0 Å². The van der Waals surface area contributed by atoms with Crippen molar-refractivity contribution in [2.24, 2.45) is 0 Å². The average Bonchev–Trinajstić information content (AvgIpc) is 3.13. The number of ether oxygens (including phenoxy) is 2. The number of rotatable bonds is 5. The van der Waals surface area contributed by atoms with Crippen molar-refractivity contribution in [1.29, 1.82) is 0 Å². The van der Waals surface area contributed by atoms with Crippen molar-refractivity contribution < 1.29 is 14.3 Å². The van der Waals surface area contributed by atoms with Gasteiger partial charge in [0.25, 0.3) is 0 Å². The standard InChI is InChI=1S/C14H13N3O3S2/c1-3-20-12(18)8-7-21-13(15-8)17-14-16-11-9(19-2)5-4-6-10(11)22-14/h4-7H,3H2,1-2H3,(H,15,16,17). The van der Waals surface area contributed by atoms with Crippen LogP contribution in [0.3, 0.4) is 0 Å². The van der Waals surface area contributed by atoms with Crippen molar-refractivity contribution in [2.45, 2.75) is 6.92 Å². The van der Waals surface area contributed by atoms with E-state index in [2.05, 4.69) is 15.3 Å². The summed E-state index contributed by atoms with van der Waals surface area (Å²) in [5.41, 5.74) is 1.10. The molecule has 2 aromatic heterocycles. The second kappa shape index (κ2) is 6.29. The van der Waals surface area contributed by atoms with Crippen molar-refractivity contribution in [3.8, 4) is 5.75 Å². The van der Waals surface area contributed by atoms with Gasteiger partial charge in [-0.25, -0.2) is 14.8 Å². The lowest BCUT2D eigenvalue weighted by molar-refractivity contribution is 0.0520. The highest BCUT2D eigenvalue weighted by Crippen LogP contribution is 2.34. The number of aromatic nitrogens is 2. The molecule has 1 aromatic carbocycles. The van der Waals surface area contributed by atoms with Gasteiger partial charge in [-0.2, -0.15) is 0 Å². The third kappa shape index (κ3) is 2.88. The number of hydrogen-bond acceptors (Lipinski definition) is 8. The monoisotopic (exact) mass is 335 g/mol. The number of esters is 1. The molecule has 0 atom stereocenters. The lowest BCUT2D eigenvalue weighted by Crippen LogP contribution is -2.04. The van der Waals surface area contributed by atoms with Crippen LogP contribution >= 0.6 is 22.7 Å². The molecular weight excluding hydrogens is 322 g/mol. The van der Waals surface area contributed by atoms with Crippen LogP contribution in [-0.4, -0.2) is 29.7 Å². The third-order valence-corrected chi connectivity index (χ3v) is 4.50. The zero-order valence-electron chi connectivity index (χ0n) is 12.0. The highest BCUT2D eigenvalue weighted by molar-refractivity contribution is 7.22. The number of fused-ring (bicyclic) bond motifs is 1. The minimum Gasteiger partial charge on any atom is -0.494 e. The van der Waals surface area contributed by atoms with Crippen LogP contribution in [0, 0.1) is 0 Å². The number of hydrogen-bond donors (Lipinski definition) is 1. The first-order chi connectivity index (χ1) is 10.7. The Morgan fingerprint density at radius 1 is 1.32 bits per heavy atom. The summed E-state index contributed by atoms with van der Waals surface area (Å²) in [5.74, 6) is 0.311. The number of nitrogens with zero attached hydrogens (tertiary/aromatic N) is 2. The number of nitrogens with one attached hydrogen (secondary N) is 1. The summed E-state index contributed by atoms with van der Waals surface area (Å²) in [4.78, 5) is 20.3. The van der Waals surface area contributed by atoms with E-state index in [1.54, 1.807) is 19.4 Å². The van der Waals surface area contributed by atoms with E-state index in [1.165, 1.54) is 22.7 Å². The van der Waals surface area contributed by atoms with Crippen LogP contribution in [0.25, 0.3) is 10.2 Å². The molecule has 0 saturated carbocycles. The number of carbonyl (C=O) groups is 1. The highest BCUT2D eigenvalue weighted by atomic mass is 32.1. The molecule has 0 aliphatic rings. The molecule has 0 bridgehead atoms. The Morgan fingerprint density at radius 2 is 2.18 bits per heavy atom. The van der Waals surface area contributed by atoms with Crippen LogP contribution < -0.4 is 10.1 Å². The van der Waals surface area contributed by atoms with Crippen LogP contribution in [0.5, 0.6) is 5.75 Å². The Balaban J connectivity index is 1.83. The van der Waals surface area contributed by atoms with E-state index in [0.717, 1.165) is 16.0 Å². The fourth-order valence-corrected chi connectivity index (χ4v) is 3.49. The minimum atomic E-state index is -0.419. The fraction of sp³-hybridized carbons (Fsp3) is 0.214. The van der Waals surface area contributed by atoms with Gasteiger partial charge in [-0.1, -0.05) is 17.4 Å². The normalized spacial score (nSPS) is 10.6. The first-order valence-electron chi connectivity index (χ1n) is 6.54. The van der Waals surface area contributed by atoms with Crippen LogP contribution in [0.1, 0.15) is 17.4 Å². The summed E-state index contributed by atoms with van der Waals surface area (Å²) >= 11 is 2.83. The lowest BCUT2D eigenvalue weighted by Gasteiger charge is -1.98. The summed E-state index contributed by atoms with van der Waals surface area (Å²) < 4.78 is 11.2.